The Morgan fingerprint density at radius 1 is 0.625 bits per heavy atom. The molecule has 0 radical (unpaired) electrons. The minimum atomic E-state index is 0.409. The van der Waals surface area contributed by atoms with Crippen LogP contribution in [0.25, 0.3) is 66.1 Å². The van der Waals surface area contributed by atoms with Crippen molar-refractivity contribution in [1.82, 2.24) is 18.9 Å². The number of aromatic nitrogens is 4. The van der Waals surface area contributed by atoms with Crippen molar-refractivity contribution in [1.29, 1.82) is 0 Å². The third kappa shape index (κ3) is 4.04. The van der Waals surface area contributed by atoms with Crippen LogP contribution in [-0.4, -0.2) is 18.9 Å². The highest BCUT2D eigenvalue weighted by atomic mass is 16.5. The van der Waals surface area contributed by atoms with Gasteiger partial charge in [0, 0.05) is 45.7 Å². The highest BCUT2D eigenvalue weighted by Gasteiger charge is 2.22. The number of aryl methyl sites for hydroxylation is 2. The SMILES string of the molecule is CC(C)c1ccnc(-n2c3ccccc3c3ccc(Oc4ccc5c(c4)c4ncc6n4c4c(cc(-c7ccccc7)cc54)CC6)cc32)c1. The summed E-state index contributed by atoms with van der Waals surface area (Å²) in [6.45, 7) is 4.43. The summed E-state index contributed by atoms with van der Waals surface area (Å²) in [5.41, 5.74) is 10.8. The van der Waals surface area contributed by atoms with E-state index in [0.29, 0.717) is 5.92 Å². The fourth-order valence-electron chi connectivity index (χ4n) is 7.74. The van der Waals surface area contributed by atoms with Gasteiger partial charge in [-0.25, -0.2) is 9.97 Å². The van der Waals surface area contributed by atoms with Crippen LogP contribution >= 0.6 is 0 Å². The number of rotatable bonds is 5. The summed E-state index contributed by atoms with van der Waals surface area (Å²) in [4.78, 5) is 9.77. The second-order valence-corrected chi connectivity index (χ2v) is 13.2. The lowest BCUT2D eigenvalue weighted by molar-refractivity contribution is 0.484. The molecule has 5 aromatic carbocycles. The molecule has 5 nitrogen and oxygen atoms in total. The predicted octanol–water partition coefficient (Wildman–Crippen LogP) is 10.8. The fraction of sp³-hybridized carbons (Fsp3) is 0.116. The van der Waals surface area contributed by atoms with Crippen LogP contribution in [0.3, 0.4) is 0 Å². The first-order valence-electron chi connectivity index (χ1n) is 16.7. The number of ether oxygens (including phenoxy) is 1. The zero-order valence-electron chi connectivity index (χ0n) is 26.8. The first-order chi connectivity index (χ1) is 23.6. The highest BCUT2D eigenvalue weighted by molar-refractivity contribution is 6.14. The van der Waals surface area contributed by atoms with Gasteiger partial charge in [-0.15, -0.1) is 0 Å². The van der Waals surface area contributed by atoms with Gasteiger partial charge in [-0.05, 0) is 107 Å². The molecular weight excluding hydrogens is 589 g/mol. The maximum absolute atomic E-state index is 6.67. The van der Waals surface area contributed by atoms with Gasteiger partial charge in [0.25, 0.3) is 0 Å². The van der Waals surface area contributed by atoms with Crippen LogP contribution in [0, 0.1) is 0 Å². The van der Waals surface area contributed by atoms with E-state index >= 15 is 0 Å². The van der Waals surface area contributed by atoms with Gasteiger partial charge < -0.3 is 4.74 Å². The van der Waals surface area contributed by atoms with Crippen LogP contribution in [0.4, 0.5) is 0 Å². The Bertz CT molecular complexity index is 2740. The molecular formula is C43H32N4O. The summed E-state index contributed by atoms with van der Waals surface area (Å²) < 4.78 is 11.3. The molecule has 0 saturated carbocycles. The molecule has 0 aliphatic carbocycles. The summed E-state index contributed by atoms with van der Waals surface area (Å²) in [6, 6.07) is 41.1. The third-order valence-corrected chi connectivity index (χ3v) is 10.1. The molecule has 10 rings (SSSR count). The number of benzene rings is 5. The standard InChI is InChI=1S/C43H32N4O/c1-26(2)28-18-19-44-41(22-28)47-39-11-7-6-10-35(39)36-17-15-33(24-40(36)47)48-32-14-16-34-37-21-30(27-8-4-3-5-9-27)20-29-12-13-31-25-45-43(38(34)23-32)46(31)42(29)37/h3-11,14-26H,12-13H2,1-2H3. The summed E-state index contributed by atoms with van der Waals surface area (Å²) in [6.07, 6.45) is 5.95. The number of hydrogen-bond acceptors (Lipinski definition) is 3. The Labute approximate surface area is 277 Å². The molecule has 230 valence electrons. The molecule has 0 amide bonds. The van der Waals surface area contributed by atoms with Crippen LogP contribution in [0.15, 0.2) is 128 Å². The van der Waals surface area contributed by atoms with Gasteiger partial charge in [-0.1, -0.05) is 62.4 Å². The first kappa shape index (κ1) is 27.2. The quantitative estimate of drug-likeness (QED) is 0.180. The number of nitrogens with zero attached hydrogens (tertiary/aromatic N) is 4. The molecule has 48 heavy (non-hydrogen) atoms. The number of para-hydroxylation sites is 1. The van der Waals surface area contributed by atoms with Crippen LogP contribution in [0.2, 0.25) is 0 Å². The second kappa shape index (κ2) is 10.3. The number of hydrogen-bond donors (Lipinski definition) is 0. The van der Waals surface area contributed by atoms with Gasteiger partial charge in [0.15, 0.2) is 0 Å². The minimum Gasteiger partial charge on any atom is -0.457 e. The molecule has 5 heterocycles. The summed E-state index contributed by atoms with van der Waals surface area (Å²) in [7, 11) is 0. The fourth-order valence-corrected chi connectivity index (χ4v) is 7.74. The molecule has 0 unspecified atom stereocenters. The molecule has 0 atom stereocenters. The molecule has 0 N–H and O–H groups in total. The van der Waals surface area contributed by atoms with E-state index in [0.717, 1.165) is 52.2 Å². The lowest BCUT2D eigenvalue weighted by atomic mass is 9.92. The third-order valence-electron chi connectivity index (χ3n) is 10.1. The Balaban J connectivity index is 1.13. The Morgan fingerprint density at radius 2 is 1.42 bits per heavy atom. The Kier molecular flexibility index (Phi) is 5.83. The molecule has 4 aromatic heterocycles. The topological polar surface area (TPSA) is 44.3 Å². The molecule has 1 aliphatic heterocycles. The van der Waals surface area contributed by atoms with Crippen molar-refractivity contribution in [3.05, 3.63) is 144 Å². The van der Waals surface area contributed by atoms with Crippen LogP contribution in [0.5, 0.6) is 11.5 Å². The maximum atomic E-state index is 6.67. The molecule has 1 aliphatic rings. The largest absolute Gasteiger partial charge is 0.457 e. The molecule has 9 aromatic rings. The van der Waals surface area contributed by atoms with E-state index in [4.69, 9.17) is 14.7 Å². The number of imidazole rings is 1. The lowest BCUT2D eigenvalue weighted by Gasteiger charge is -2.20. The van der Waals surface area contributed by atoms with Gasteiger partial charge in [-0.3, -0.25) is 8.97 Å². The molecule has 5 heteroatoms. The van der Waals surface area contributed by atoms with Gasteiger partial charge >= 0.3 is 0 Å². The minimum absolute atomic E-state index is 0.409. The van der Waals surface area contributed by atoms with Crippen LogP contribution in [-0.2, 0) is 12.8 Å². The van der Waals surface area contributed by atoms with E-state index in [9.17, 15) is 0 Å². The zero-order chi connectivity index (χ0) is 31.9. The maximum Gasteiger partial charge on any atom is 0.145 e. The van der Waals surface area contributed by atoms with Crippen molar-refractivity contribution in [3.8, 4) is 28.4 Å². The Morgan fingerprint density at radius 3 is 2.29 bits per heavy atom. The second-order valence-electron chi connectivity index (χ2n) is 13.2. The van der Waals surface area contributed by atoms with Gasteiger partial charge in [0.2, 0.25) is 0 Å². The molecule has 0 spiro atoms. The zero-order valence-corrected chi connectivity index (χ0v) is 26.8. The monoisotopic (exact) mass is 620 g/mol. The van der Waals surface area contributed by atoms with E-state index in [1.54, 1.807) is 0 Å². The van der Waals surface area contributed by atoms with Crippen molar-refractivity contribution >= 4 is 49.1 Å². The van der Waals surface area contributed by atoms with Gasteiger partial charge in [0.1, 0.15) is 23.0 Å². The van der Waals surface area contributed by atoms with E-state index < -0.39 is 0 Å². The molecule has 0 fully saturated rings. The van der Waals surface area contributed by atoms with E-state index in [1.165, 1.54) is 55.0 Å². The Hall–Kier alpha value is -5.94. The number of fused-ring (bicyclic) bond motifs is 6. The number of pyridine rings is 2. The van der Waals surface area contributed by atoms with Crippen molar-refractivity contribution in [2.24, 2.45) is 0 Å². The molecule has 0 saturated heterocycles. The normalized spacial score (nSPS) is 12.8. The van der Waals surface area contributed by atoms with Crippen molar-refractivity contribution in [3.63, 3.8) is 0 Å². The predicted molar refractivity (Wildman–Crippen MR) is 196 cm³/mol. The van der Waals surface area contributed by atoms with Crippen molar-refractivity contribution < 1.29 is 4.74 Å². The van der Waals surface area contributed by atoms with Crippen LogP contribution < -0.4 is 4.74 Å². The average Bonchev–Trinajstić information content (AvgIpc) is 3.71. The summed E-state index contributed by atoms with van der Waals surface area (Å²) in [5, 5.41) is 5.90. The van der Waals surface area contributed by atoms with Crippen molar-refractivity contribution in [2.75, 3.05) is 0 Å². The van der Waals surface area contributed by atoms with Gasteiger partial charge in [-0.2, -0.15) is 0 Å². The summed E-state index contributed by atoms with van der Waals surface area (Å²) in [5.74, 6) is 2.88. The van der Waals surface area contributed by atoms with E-state index in [2.05, 4.69) is 138 Å². The lowest BCUT2D eigenvalue weighted by Crippen LogP contribution is -2.07. The van der Waals surface area contributed by atoms with E-state index in [-0.39, 0.29) is 0 Å². The van der Waals surface area contributed by atoms with Crippen molar-refractivity contribution in [2.45, 2.75) is 32.6 Å². The van der Waals surface area contributed by atoms with Crippen LogP contribution in [0.1, 0.15) is 36.6 Å². The van der Waals surface area contributed by atoms with Gasteiger partial charge in [0.05, 0.1) is 16.6 Å². The average molecular weight is 621 g/mol. The highest BCUT2D eigenvalue weighted by Crippen LogP contribution is 2.40. The first-order valence-corrected chi connectivity index (χ1v) is 16.7. The molecule has 0 bridgehead atoms. The summed E-state index contributed by atoms with van der Waals surface area (Å²) >= 11 is 0. The smallest absolute Gasteiger partial charge is 0.145 e. The van der Waals surface area contributed by atoms with E-state index in [1.807, 2.05) is 12.4 Å².